The lowest BCUT2D eigenvalue weighted by Gasteiger charge is -2.17. The van der Waals surface area contributed by atoms with Gasteiger partial charge in [-0.25, -0.2) is 0 Å². The fourth-order valence-corrected chi connectivity index (χ4v) is 1.83. The Bertz CT molecular complexity index is 399. The average Bonchev–Trinajstić information content (AvgIpc) is 2.33. The normalized spacial score (nSPS) is 12.2. The Morgan fingerprint density at radius 3 is 2.78 bits per heavy atom. The van der Waals surface area contributed by atoms with Crippen molar-refractivity contribution in [2.75, 3.05) is 19.5 Å². The van der Waals surface area contributed by atoms with Crippen molar-refractivity contribution in [3.8, 4) is 0 Å². The van der Waals surface area contributed by atoms with Gasteiger partial charge in [0.1, 0.15) is 0 Å². The summed E-state index contributed by atoms with van der Waals surface area (Å²) >= 11 is 0. The first-order valence-electron chi connectivity index (χ1n) is 6.24. The van der Waals surface area contributed by atoms with Crippen molar-refractivity contribution >= 4 is 11.6 Å². The highest BCUT2D eigenvalue weighted by molar-refractivity contribution is 5.95. The lowest BCUT2D eigenvalue weighted by Crippen LogP contribution is -2.37. The van der Waals surface area contributed by atoms with E-state index in [2.05, 4.69) is 12.2 Å². The maximum Gasteiger partial charge on any atom is 0.251 e. The number of amides is 1. The van der Waals surface area contributed by atoms with Gasteiger partial charge in [0, 0.05) is 18.4 Å². The molecule has 1 aromatic rings. The molecule has 1 aromatic carbocycles. The van der Waals surface area contributed by atoms with Gasteiger partial charge in [-0.1, -0.05) is 13.3 Å². The standard InChI is InChI=1S/C14H22N2O2/c1-4-5-12(9-18-3)16-14(17)11-6-7-13(15)10(2)8-11/h6-8,12H,4-5,9,15H2,1-3H3,(H,16,17). The van der Waals surface area contributed by atoms with Crippen molar-refractivity contribution in [2.45, 2.75) is 32.7 Å². The van der Waals surface area contributed by atoms with Gasteiger partial charge in [-0.15, -0.1) is 0 Å². The Morgan fingerprint density at radius 1 is 1.50 bits per heavy atom. The molecule has 3 N–H and O–H groups in total. The molecule has 0 saturated heterocycles. The maximum atomic E-state index is 12.1. The number of nitrogens with one attached hydrogen (secondary N) is 1. The molecule has 0 aromatic heterocycles. The molecule has 0 aliphatic carbocycles. The first-order valence-corrected chi connectivity index (χ1v) is 6.24. The zero-order chi connectivity index (χ0) is 13.5. The van der Waals surface area contributed by atoms with E-state index in [0.717, 1.165) is 18.4 Å². The number of carbonyl (C=O) groups excluding carboxylic acids is 1. The van der Waals surface area contributed by atoms with Crippen LogP contribution in [0.25, 0.3) is 0 Å². The van der Waals surface area contributed by atoms with Crippen LogP contribution in [-0.4, -0.2) is 25.7 Å². The third kappa shape index (κ3) is 4.04. The number of ether oxygens (including phenoxy) is 1. The second-order valence-corrected chi connectivity index (χ2v) is 4.49. The van der Waals surface area contributed by atoms with Gasteiger partial charge in [-0.3, -0.25) is 4.79 Å². The van der Waals surface area contributed by atoms with E-state index in [-0.39, 0.29) is 11.9 Å². The third-order valence-electron chi connectivity index (χ3n) is 2.87. The molecule has 0 saturated carbocycles. The second kappa shape index (κ2) is 7.01. The van der Waals surface area contributed by atoms with Gasteiger partial charge in [0.05, 0.1) is 12.6 Å². The van der Waals surface area contributed by atoms with Crippen LogP contribution in [0.4, 0.5) is 5.69 Å². The summed E-state index contributed by atoms with van der Waals surface area (Å²) in [5, 5.41) is 2.98. The Balaban J connectivity index is 2.70. The van der Waals surface area contributed by atoms with Gasteiger partial charge in [0.15, 0.2) is 0 Å². The van der Waals surface area contributed by atoms with Crippen molar-refractivity contribution in [3.05, 3.63) is 29.3 Å². The summed E-state index contributed by atoms with van der Waals surface area (Å²) in [6.07, 6.45) is 1.92. The average molecular weight is 250 g/mol. The number of benzene rings is 1. The molecule has 1 unspecified atom stereocenters. The molecule has 0 bridgehead atoms. The number of rotatable bonds is 6. The predicted octanol–water partition coefficient (Wildman–Crippen LogP) is 2.12. The molecular formula is C14H22N2O2. The summed E-state index contributed by atoms with van der Waals surface area (Å²) in [4.78, 5) is 12.1. The SMILES string of the molecule is CCCC(COC)NC(=O)c1ccc(N)c(C)c1. The zero-order valence-corrected chi connectivity index (χ0v) is 11.3. The van der Waals surface area contributed by atoms with Gasteiger partial charge in [-0.05, 0) is 37.1 Å². The molecule has 1 atom stereocenters. The van der Waals surface area contributed by atoms with E-state index < -0.39 is 0 Å². The van der Waals surface area contributed by atoms with Crippen molar-refractivity contribution in [2.24, 2.45) is 0 Å². The molecular weight excluding hydrogens is 228 g/mol. The molecule has 0 spiro atoms. The van der Waals surface area contributed by atoms with Gasteiger partial charge >= 0.3 is 0 Å². The first-order chi connectivity index (χ1) is 8.58. The number of aryl methyl sites for hydroxylation is 1. The molecule has 0 aliphatic rings. The van der Waals surface area contributed by atoms with Gasteiger partial charge in [-0.2, -0.15) is 0 Å². The smallest absolute Gasteiger partial charge is 0.251 e. The van der Waals surface area contributed by atoms with Crippen LogP contribution >= 0.6 is 0 Å². The highest BCUT2D eigenvalue weighted by Crippen LogP contribution is 2.13. The summed E-state index contributed by atoms with van der Waals surface area (Å²) in [5.41, 5.74) is 7.99. The monoisotopic (exact) mass is 250 g/mol. The number of carbonyl (C=O) groups is 1. The lowest BCUT2D eigenvalue weighted by atomic mass is 10.1. The number of methoxy groups -OCH3 is 1. The number of nitrogens with two attached hydrogens (primary N) is 1. The molecule has 18 heavy (non-hydrogen) atoms. The summed E-state index contributed by atoms with van der Waals surface area (Å²) < 4.78 is 5.10. The molecule has 1 rings (SSSR count). The zero-order valence-electron chi connectivity index (χ0n) is 11.3. The fraction of sp³-hybridized carbons (Fsp3) is 0.500. The molecule has 0 heterocycles. The molecule has 100 valence electrons. The molecule has 1 amide bonds. The fourth-order valence-electron chi connectivity index (χ4n) is 1.83. The van der Waals surface area contributed by atoms with Gasteiger partial charge in [0.25, 0.3) is 5.91 Å². The summed E-state index contributed by atoms with van der Waals surface area (Å²) in [6.45, 7) is 4.51. The largest absolute Gasteiger partial charge is 0.399 e. The van der Waals surface area contributed by atoms with Crippen LogP contribution in [0.1, 0.15) is 35.7 Å². The van der Waals surface area contributed by atoms with E-state index in [9.17, 15) is 4.79 Å². The van der Waals surface area contributed by atoms with E-state index in [4.69, 9.17) is 10.5 Å². The van der Waals surface area contributed by atoms with Crippen LogP contribution in [0.5, 0.6) is 0 Å². The molecule has 0 aliphatic heterocycles. The van der Waals surface area contributed by atoms with Crippen LogP contribution in [0, 0.1) is 6.92 Å². The second-order valence-electron chi connectivity index (χ2n) is 4.49. The number of nitrogen functional groups attached to an aromatic ring is 1. The van der Waals surface area contributed by atoms with Crippen LogP contribution < -0.4 is 11.1 Å². The Morgan fingerprint density at radius 2 is 2.22 bits per heavy atom. The minimum absolute atomic E-state index is 0.0605. The summed E-state index contributed by atoms with van der Waals surface area (Å²) in [5.74, 6) is -0.0754. The summed E-state index contributed by atoms with van der Waals surface area (Å²) in [6, 6.07) is 5.37. The van der Waals surface area contributed by atoms with E-state index in [1.165, 1.54) is 0 Å². The third-order valence-corrected chi connectivity index (χ3v) is 2.87. The minimum Gasteiger partial charge on any atom is -0.399 e. The lowest BCUT2D eigenvalue weighted by molar-refractivity contribution is 0.0891. The number of anilines is 1. The van der Waals surface area contributed by atoms with E-state index in [1.807, 2.05) is 6.92 Å². The highest BCUT2D eigenvalue weighted by atomic mass is 16.5. The Kier molecular flexibility index (Phi) is 5.65. The van der Waals surface area contributed by atoms with Crippen molar-refractivity contribution in [1.29, 1.82) is 0 Å². The van der Waals surface area contributed by atoms with Gasteiger partial charge in [0.2, 0.25) is 0 Å². The molecule has 0 fully saturated rings. The highest BCUT2D eigenvalue weighted by Gasteiger charge is 2.13. The Labute approximate surface area is 109 Å². The first kappa shape index (κ1) is 14.5. The summed E-state index contributed by atoms with van der Waals surface area (Å²) in [7, 11) is 1.64. The minimum atomic E-state index is -0.0754. The van der Waals surface area contributed by atoms with E-state index in [1.54, 1.807) is 25.3 Å². The predicted molar refractivity (Wildman–Crippen MR) is 73.6 cm³/mol. The van der Waals surface area contributed by atoms with E-state index in [0.29, 0.717) is 17.9 Å². The van der Waals surface area contributed by atoms with Crippen molar-refractivity contribution in [1.82, 2.24) is 5.32 Å². The van der Waals surface area contributed by atoms with Crippen LogP contribution in [0.3, 0.4) is 0 Å². The quantitative estimate of drug-likeness (QED) is 0.760. The van der Waals surface area contributed by atoms with Crippen molar-refractivity contribution < 1.29 is 9.53 Å². The number of hydrogen-bond acceptors (Lipinski definition) is 3. The Hall–Kier alpha value is -1.55. The van der Waals surface area contributed by atoms with E-state index >= 15 is 0 Å². The van der Waals surface area contributed by atoms with Crippen LogP contribution in [0.2, 0.25) is 0 Å². The molecule has 4 nitrogen and oxygen atoms in total. The maximum absolute atomic E-state index is 12.1. The topological polar surface area (TPSA) is 64.3 Å². The van der Waals surface area contributed by atoms with Crippen molar-refractivity contribution in [3.63, 3.8) is 0 Å². The van der Waals surface area contributed by atoms with Crippen LogP contribution in [-0.2, 0) is 4.74 Å². The molecule has 0 radical (unpaired) electrons. The number of hydrogen-bond donors (Lipinski definition) is 2. The van der Waals surface area contributed by atoms with Crippen LogP contribution in [0.15, 0.2) is 18.2 Å². The van der Waals surface area contributed by atoms with Gasteiger partial charge < -0.3 is 15.8 Å². The molecule has 4 heteroatoms.